The van der Waals surface area contributed by atoms with Crippen LogP contribution < -0.4 is 0 Å². The van der Waals surface area contributed by atoms with Crippen LogP contribution in [0.3, 0.4) is 0 Å². The van der Waals surface area contributed by atoms with Crippen LogP contribution in [-0.2, 0) is 22.0 Å². The third-order valence-corrected chi connectivity index (χ3v) is 3.22. The lowest BCUT2D eigenvalue weighted by atomic mass is 10.2. The molecule has 7 heteroatoms. The zero-order chi connectivity index (χ0) is 13.1. The lowest BCUT2D eigenvalue weighted by Gasteiger charge is -2.06. The third kappa shape index (κ3) is 4.99. The Morgan fingerprint density at radius 3 is 2.18 bits per heavy atom. The molecule has 0 spiro atoms. The van der Waals surface area contributed by atoms with Gasteiger partial charge in [-0.15, -0.1) is 0 Å². The van der Waals surface area contributed by atoms with Crippen molar-refractivity contribution in [2.24, 2.45) is 0 Å². The number of hydrogen-bond acceptors (Lipinski definition) is 2. The topological polar surface area (TPSA) is 54.4 Å². The molecule has 1 aromatic carbocycles. The molecule has 1 N–H and O–H groups in total. The predicted octanol–water partition coefficient (Wildman–Crippen LogP) is 1.98. The van der Waals surface area contributed by atoms with Gasteiger partial charge in [0.05, 0.1) is 17.2 Å². The molecule has 94 valence electrons. The zero-order valence-corrected chi connectivity index (χ0v) is 9.35. The molecule has 1 rings (SSSR count). The molecule has 17 heavy (non-hydrogen) atoms. The molecular weight excluding hydrogens is 257 g/mol. The van der Waals surface area contributed by atoms with Gasteiger partial charge in [-0.2, -0.15) is 13.2 Å². The summed E-state index contributed by atoms with van der Waals surface area (Å²) in [7, 11) is -2.15. The Morgan fingerprint density at radius 2 is 1.76 bits per heavy atom. The number of carboxylic acid groups (broad SMARTS) is 1. The van der Waals surface area contributed by atoms with E-state index in [4.69, 9.17) is 5.11 Å². The highest BCUT2D eigenvalue weighted by Gasteiger charge is 2.30. The van der Waals surface area contributed by atoms with E-state index in [1.807, 2.05) is 0 Å². The Kier molecular flexibility index (Phi) is 4.28. The molecule has 0 saturated heterocycles. The predicted molar refractivity (Wildman–Crippen MR) is 55.1 cm³/mol. The molecule has 0 aliphatic carbocycles. The van der Waals surface area contributed by atoms with Crippen molar-refractivity contribution in [2.45, 2.75) is 17.5 Å². The molecule has 0 aliphatic rings. The molecule has 0 bridgehead atoms. The average molecular weight is 266 g/mol. The van der Waals surface area contributed by atoms with Crippen molar-refractivity contribution >= 4 is 16.8 Å². The van der Waals surface area contributed by atoms with Gasteiger partial charge in [0.25, 0.3) is 0 Å². The van der Waals surface area contributed by atoms with Crippen LogP contribution in [0.2, 0.25) is 0 Å². The molecule has 3 nitrogen and oxygen atoms in total. The van der Waals surface area contributed by atoms with E-state index >= 15 is 0 Å². The molecule has 1 aromatic rings. The van der Waals surface area contributed by atoms with Gasteiger partial charge in [-0.25, -0.2) is 0 Å². The lowest BCUT2D eigenvalue weighted by Crippen LogP contribution is -2.18. The van der Waals surface area contributed by atoms with Gasteiger partial charge in [0.1, 0.15) is 5.75 Å². The monoisotopic (exact) mass is 266 g/mol. The maximum atomic E-state index is 12.0. The van der Waals surface area contributed by atoms with Crippen LogP contribution in [0, 0.1) is 0 Å². The fourth-order valence-corrected chi connectivity index (χ4v) is 2.07. The van der Waals surface area contributed by atoms with E-state index in [-0.39, 0.29) is 11.3 Å². The Balaban J connectivity index is 2.74. The van der Waals surface area contributed by atoms with Crippen molar-refractivity contribution in [3.05, 3.63) is 29.8 Å². The van der Waals surface area contributed by atoms with Crippen LogP contribution in [-0.4, -0.2) is 27.2 Å². The molecule has 1 unspecified atom stereocenters. The van der Waals surface area contributed by atoms with E-state index in [0.717, 1.165) is 0 Å². The first kappa shape index (κ1) is 13.7. The maximum Gasteiger partial charge on any atom is 0.400 e. The third-order valence-electron chi connectivity index (χ3n) is 1.84. The van der Waals surface area contributed by atoms with Gasteiger partial charge >= 0.3 is 12.1 Å². The van der Waals surface area contributed by atoms with Crippen LogP contribution in [0.5, 0.6) is 0 Å². The van der Waals surface area contributed by atoms with Crippen LogP contribution in [0.1, 0.15) is 5.56 Å². The van der Waals surface area contributed by atoms with E-state index in [2.05, 4.69) is 0 Å². The smallest absolute Gasteiger partial charge is 0.400 e. The Labute approximate surface area is 97.7 Å². The molecule has 0 saturated carbocycles. The molecule has 0 fully saturated rings. The second kappa shape index (κ2) is 5.31. The highest BCUT2D eigenvalue weighted by molar-refractivity contribution is 7.85. The van der Waals surface area contributed by atoms with E-state index in [1.54, 1.807) is 0 Å². The van der Waals surface area contributed by atoms with Crippen molar-refractivity contribution in [1.29, 1.82) is 0 Å². The van der Waals surface area contributed by atoms with Gasteiger partial charge in [0.2, 0.25) is 0 Å². The first-order valence-corrected chi connectivity index (χ1v) is 5.86. The quantitative estimate of drug-likeness (QED) is 0.906. The summed E-state index contributed by atoms with van der Waals surface area (Å²) in [5.74, 6) is -2.43. The van der Waals surface area contributed by atoms with Crippen molar-refractivity contribution < 1.29 is 27.3 Å². The summed E-state index contributed by atoms with van der Waals surface area (Å²) >= 11 is 0. The molecule has 0 aromatic heterocycles. The minimum Gasteiger partial charge on any atom is -0.481 e. The summed E-state index contributed by atoms with van der Waals surface area (Å²) in [5, 5.41) is 8.49. The number of carbonyl (C=O) groups is 1. The maximum absolute atomic E-state index is 12.0. The minimum atomic E-state index is -4.48. The summed E-state index contributed by atoms with van der Waals surface area (Å²) in [5.41, 5.74) is 0.449. The summed E-state index contributed by atoms with van der Waals surface area (Å²) in [4.78, 5) is 10.4. The number of hydrogen-bond donors (Lipinski definition) is 1. The van der Waals surface area contributed by atoms with Crippen molar-refractivity contribution in [3.63, 3.8) is 0 Å². The highest BCUT2D eigenvalue weighted by atomic mass is 32.2. The number of halogens is 3. The summed E-state index contributed by atoms with van der Waals surface area (Å²) in [6.07, 6.45) is -4.70. The number of carboxylic acids is 1. The van der Waals surface area contributed by atoms with Crippen LogP contribution >= 0.6 is 0 Å². The highest BCUT2D eigenvalue weighted by Crippen LogP contribution is 2.20. The van der Waals surface area contributed by atoms with E-state index < -0.39 is 28.7 Å². The van der Waals surface area contributed by atoms with E-state index in [1.165, 1.54) is 24.3 Å². The normalized spacial score (nSPS) is 13.4. The fraction of sp³-hybridized carbons (Fsp3) is 0.300. The van der Waals surface area contributed by atoms with Gasteiger partial charge in [-0.3, -0.25) is 9.00 Å². The van der Waals surface area contributed by atoms with Gasteiger partial charge in [-0.1, -0.05) is 12.1 Å². The lowest BCUT2D eigenvalue weighted by molar-refractivity contribution is -0.136. The second-order valence-corrected chi connectivity index (χ2v) is 4.77. The summed E-state index contributed by atoms with van der Waals surface area (Å²) in [6.45, 7) is 0. The van der Waals surface area contributed by atoms with Crippen molar-refractivity contribution in [2.75, 3.05) is 5.75 Å². The average Bonchev–Trinajstić information content (AvgIpc) is 2.15. The Morgan fingerprint density at radius 1 is 1.24 bits per heavy atom. The summed E-state index contributed by atoms with van der Waals surface area (Å²) in [6, 6.07) is 5.22. The zero-order valence-electron chi connectivity index (χ0n) is 8.53. The van der Waals surface area contributed by atoms with Gasteiger partial charge in [-0.05, 0) is 17.7 Å². The van der Waals surface area contributed by atoms with Crippen LogP contribution in [0.25, 0.3) is 0 Å². The number of aliphatic carboxylic acids is 1. The van der Waals surface area contributed by atoms with Crippen LogP contribution in [0.4, 0.5) is 13.2 Å². The second-order valence-electron chi connectivity index (χ2n) is 3.32. The van der Waals surface area contributed by atoms with E-state index in [9.17, 15) is 22.2 Å². The van der Waals surface area contributed by atoms with Gasteiger partial charge in [0.15, 0.2) is 0 Å². The number of benzene rings is 1. The molecular formula is C10H9F3O3S. The summed E-state index contributed by atoms with van der Waals surface area (Å²) < 4.78 is 47.2. The number of alkyl halides is 3. The standard InChI is InChI=1S/C10H9F3O3S/c11-10(12,13)6-17(16)8-3-1-7(2-4-8)5-9(14)15/h1-4H,5-6H2,(H,14,15). The first-order chi connectivity index (χ1) is 7.78. The van der Waals surface area contributed by atoms with Crippen LogP contribution in [0.15, 0.2) is 29.2 Å². The molecule has 0 heterocycles. The van der Waals surface area contributed by atoms with Crippen molar-refractivity contribution in [3.8, 4) is 0 Å². The molecule has 0 aliphatic heterocycles. The van der Waals surface area contributed by atoms with Gasteiger partial charge in [0, 0.05) is 4.90 Å². The SMILES string of the molecule is O=C(O)Cc1ccc(S(=O)CC(F)(F)F)cc1. The van der Waals surface area contributed by atoms with E-state index in [0.29, 0.717) is 5.56 Å². The van der Waals surface area contributed by atoms with Gasteiger partial charge < -0.3 is 5.11 Å². The Hall–Kier alpha value is -1.37. The molecule has 0 amide bonds. The largest absolute Gasteiger partial charge is 0.481 e. The van der Waals surface area contributed by atoms with Crippen molar-refractivity contribution in [1.82, 2.24) is 0 Å². The first-order valence-electron chi connectivity index (χ1n) is 4.54. The molecule has 1 atom stereocenters. The number of rotatable bonds is 4. The molecule has 0 radical (unpaired) electrons. The Bertz CT molecular complexity index is 425. The fourth-order valence-electron chi connectivity index (χ4n) is 1.17. The minimum absolute atomic E-state index is 0.0384.